The number of hydrogen-bond donors (Lipinski definition) is 1. The summed E-state index contributed by atoms with van der Waals surface area (Å²) in [6.45, 7) is 3.27. The smallest absolute Gasteiger partial charge is 0.251 e. The van der Waals surface area contributed by atoms with Gasteiger partial charge in [-0.3, -0.25) is 4.79 Å². The van der Waals surface area contributed by atoms with Gasteiger partial charge in [0.2, 0.25) is 21.7 Å². The van der Waals surface area contributed by atoms with E-state index in [1.165, 1.54) is 4.31 Å². The van der Waals surface area contributed by atoms with E-state index in [9.17, 15) is 13.2 Å². The lowest BCUT2D eigenvalue weighted by Gasteiger charge is -2.15. The molecule has 1 aromatic heterocycles. The van der Waals surface area contributed by atoms with Crippen molar-refractivity contribution < 1.29 is 17.7 Å². The van der Waals surface area contributed by atoms with Crippen molar-refractivity contribution in [2.75, 3.05) is 13.1 Å². The van der Waals surface area contributed by atoms with E-state index in [4.69, 9.17) is 4.52 Å². The van der Waals surface area contributed by atoms with Gasteiger partial charge in [0.1, 0.15) is 0 Å². The molecule has 1 aliphatic rings. The Labute approximate surface area is 181 Å². The van der Waals surface area contributed by atoms with Crippen LogP contribution in [0.4, 0.5) is 0 Å². The van der Waals surface area contributed by atoms with Gasteiger partial charge in [0, 0.05) is 24.2 Å². The number of carbonyl (C=O) groups excluding carboxylic acids is 1. The maximum absolute atomic E-state index is 12.4. The number of amides is 1. The molecular formula is C22H24N4O4S. The SMILES string of the molecule is Cc1ccc(-c2noc(CNC(=O)c3ccc(CS(=O)(=O)N4CCCC4)cc3)n2)cc1. The highest BCUT2D eigenvalue weighted by atomic mass is 32.2. The Morgan fingerprint density at radius 3 is 2.42 bits per heavy atom. The van der Waals surface area contributed by atoms with E-state index in [-0.39, 0.29) is 18.2 Å². The second-order valence-electron chi connectivity index (χ2n) is 7.62. The highest BCUT2D eigenvalue weighted by Crippen LogP contribution is 2.18. The van der Waals surface area contributed by atoms with Crippen LogP contribution < -0.4 is 5.32 Å². The Bertz CT molecular complexity index is 1150. The Balaban J connectivity index is 1.33. The standard InChI is InChI=1S/C22H24N4O4S/c1-16-4-8-18(9-5-16)21-24-20(30-25-21)14-23-22(27)19-10-6-17(7-11-19)15-31(28,29)26-12-2-3-13-26/h4-11H,2-3,12-15H2,1H3,(H,23,27). The van der Waals surface area contributed by atoms with E-state index < -0.39 is 10.0 Å². The lowest BCUT2D eigenvalue weighted by molar-refractivity contribution is 0.0946. The predicted molar refractivity (Wildman–Crippen MR) is 116 cm³/mol. The Kier molecular flexibility index (Phi) is 6.15. The van der Waals surface area contributed by atoms with Gasteiger partial charge in [-0.2, -0.15) is 4.98 Å². The molecule has 0 atom stereocenters. The number of rotatable bonds is 7. The molecule has 4 rings (SSSR count). The summed E-state index contributed by atoms with van der Waals surface area (Å²) in [6.07, 6.45) is 1.82. The molecule has 31 heavy (non-hydrogen) atoms. The summed E-state index contributed by atoms with van der Waals surface area (Å²) in [5.74, 6) is 0.410. The Morgan fingerprint density at radius 1 is 1.06 bits per heavy atom. The number of hydrogen-bond acceptors (Lipinski definition) is 6. The first kappa shape index (κ1) is 21.2. The highest BCUT2D eigenvalue weighted by molar-refractivity contribution is 7.88. The minimum atomic E-state index is -3.31. The van der Waals surface area contributed by atoms with Gasteiger partial charge >= 0.3 is 0 Å². The van der Waals surface area contributed by atoms with Crippen molar-refractivity contribution >= 4 is 15.9 Å². The Hall–Kier alpha value is -3.04. The maximum atomic E-state index is 12.4. The summed E-state index contributed by atoms with van der Waals surface area (Å²) in [6, 6.07) is 14.3. The fourth-order valence-corrected chi connectivity index (χ4v) is 5.04. The molecule has 0 unspecified atom stereocenters. The van der Waals surface area contributed by atoms with Crippen molar-refractivity contribution in [1.82, 2.24) is 19.8 Å². The summed E-state index contributed by atoms with van der Waals surface area (Å²) in [5.41, 5.74) is 3.06. The van der Waals surface area contributed by atoms with Gasteiger partial charge in [-0.15, -0.1) is 0 Å². The fraction of sp³-hybridized carbons (Fsp3) is 0.318. The zero-order valence-electron chi connectivity index (χ0n) is 17.2. The molecule has 162 valence electrons. The van der Waals surface area contributed by atoms with E-state index >= 15 is 0 Å². The van der Waals surface area contributed by atoms with E-state index in [1.807, 2.05) is 31.2 Å². The maximum Gasteiger partial charge on any atom is 0.251 e. The van der Waals surface area contributed by atoms with Crippen LogP contribution in [0.3, 0.4) is 0 Å². The van der Waals surface area contributed by atoms with Crippen LogP contribution in [-0.2, 0) is 22.3 Å². The number of carbonyl (C=O) groups is 1. The predicted octanol–water partition coefficient (Wildman–Crippen LogP) is 2.90. The third-order valence-electron chi connectivity index (χ3n) is 5.20. The lowest BCUT2D eigenvalue weighted by Crippen LogP contribution is -2.29. The molecule has 0 radical (unpaired) electrons. The molecule has 3 aromatic rings. The van der Waals surface area contributed by atoms with Crippen LogP contribution in [0, 0.1) is 6.92 Å². The number of nitrogens with zero attached hydrogens (tertiary/aromatic N) is 3. The lowest BCUT2D eigenvalue weighted by atomic mass is 10.1. The van der Waals surface area contributed by atoms with Crippen LogP contribution in [-0.4, -0.2) is 41.9 Å². The average molecular weight is 441 g/mol. The topological polar surface area (TPSA) is 105 Å². The molecule has 0 bridgehead atoms. The summed E-state index contributed by atoms with van der Waals surface area (Å²) < 4.78 is 31.6. The highest BCUT2D eigenvalue weighted by Gasteiger charge is 2.25. The number of sulfonamides is 1. The quantitative estimate of drug-likeness (QED) is 0.606. The van der Waals surface area contributed by atoms with E-state index in [0.29, 0.717) is 35.9 Å². The molecule has 1 fully saturated rings. The molecule has 9 heteroatoms. The summed E-state index contributed by atoms with van der Waals surface area (Å²) in [5, 5.41) is 6.69. The van der Waals surface area contributed by atoms with Gasteiger partial charge in [-0.25, -0.2) is 12.7 Å². The van der Waals surface area contributed by atoms with E-state index in [1.54, 1.807) is 24.3 Å². The Morgan fingerprint density at radius 2 is 1.74 bits per heavy atom. The number of benzene rings is 2. The van der Waals surface area contributed by atoms with Crippen LogP contribution in [0.15, 0.2) is 53.1 Å². The van der Waals surface area contributed by atoms with Gasteiger partial charge in [-0.05, 0) is 37.5 Å². The minimum Gasteiger partial charge on any atom is -0.343 e. The van der Waals surface area contributed by atoms with Gasteiger partial charge in [-0.1, -0.05) is 47.1 Å². The largest absolute Gasteiger partial charge is 0.343 e. The molecular weight excluding hydrogens is 416 g/mol. The minimum absolute atomic E-state index is 0.0569. The number of nitrogens with one attached hydrogen (secondary N) is 1. The number of aryl methyl sites for hydroxylation is 1. The second-order valence-corrected chi connectivity index (χ2v) is 9.59. The van der Waals surface area contributed by atoms with Crippen molar-refractivity contribution in [1.29, 1.82) is 0 Å². The summed E-state index contributed by atoms with van der Waals surface area (Å²) in [7, 11) is -3.31. The normalized spacial score (nSPS) is 14.6. The molecule has 2 aromatic carbocycles. The summed E-state index contributed by atoms with van der Waals surface area (Å²) in [4.78, 5) is 16.7. The monoisotopic (exact) mass is 440 g/mol. The van der Waals surface area contributed by atoms with Gasteiger partial charge in [0.25, 0.3) is 5.91 Å². The molecule has 0 spiro atoms. The van der Waals surface area contributed by atoms with Crippen LogP contribution in [0.25, 0.3) is 11.4 Å². The van der Waals surface area contributed by atoms with Crippen LogP contribution in [0.1, 0.15) is 40.2 Å². The van der Waals surface area contributed by atoms with Crippen molar-refractivity contribution in [3.8, 4) is 11.4 Å². The zero-order valence-corrected chi connectivity index (χ0v) is 18.1. The van der Waals surface area contributed by atoms with Gasteiger partial charge < -0.3 is 9.84 Å². The molecule has 1 aliphatic heterocycles. The number of aromatic nitrogens is 2. The van der Waals surface area contributed by atoms with E-state index in [2.05, 4.69) is 15.5 Å². The molecule has 1 N–H and O–H groups in total. The van der Waals surface area contributed by atoms with Crippen LogP contribution in [0.5, 0.6) is 0 Å². The van der Waals surface area contributed by atoms with Crippen LogP contribution >= 0.6 is 0 Å². The van der Waals surface area contributed by atoms with Crippen molar-refractivity contribution in [2.24, 2.45) is 0 Å². The molecule has 2 heterocycles. The first-order chi connectivity index (χ1) is 14.9. The third-order valence-corrected chi connectivity index (χ3v) is 7.05. The molecule has 1 amide bonds. The first-order valence-corrected chi connectivity index (χ1v) is 11.8. The average Bonchev–Trinajstić information content (AvgIpc) is 3.46. The second kappa shape index (κ2) is 8.99. The summed E-state index contributed by atoms with van der Waals surface area (Å²) >= 11 is 0. The van der Waals surface area contributed by atoms with Crippen molar-refractivity contribution in [2.45, 2.75) is 32.1 Å². The van der Waals surface area contributed by atoms with Gasteiger partial charge in [0.15, 0.2) is 0 Å². The zero-order chi connectivity index (χ0) is 21.8. The molecule has 8 nitrogen and oxygen atoms in total. The molecule has 1 saturated heterocycles. The molecule has 0 aliphatic carbocycles. The van der Waals surface area contributed by atoms with Crippen molar-refractivity contribution in [3.05, 3.63) is 71.1 Å². The van der Waals surface area contributed by atoms with Crippen molar-refractivity contribution in [3.63, 3.8) is 0 Å². The third kappa shape index (κ3) is 5.18. The van der Waals surface area contributed by atoms with Crippen LogP contribution in [0.2, 0.25) is 0 Å². The van der Waals surface area contributed by atoms with Gasteiger partial charge in [0.05, 0.1) is 12.3 Å². The molecule has 0 saturated carbocycles. The van der Waals surface area contributed by atoms with E-state index in [0.717, 1.165) is 24.0 Å². The first-order valence-electron chi connectivity index (χ1n) is 10.2. The fourth-order valence-electron chi connectivity index (χ4n) is 3.43.